The van der Waals surface area contributed by atoms with Crippen LogP contribution in [0, 0.1) is 5.92 Å². The highest BCUT2D eigenvalue weighted by molar-refractivity contribution is 7.07. The molecule has 0 aliphatic carbocycles. The van der Waals surface area contributed by atoms with E-state index in [-0.39, 0.29) is 6.10 Å². The minimum absolute atomic E-state index is 0.0394. The zero-order valence-electron chi connectivity index (χ0n) is 21.7. The van der Waals surface area contributed by atoms with Gasteiger partial charge < -0.3 is 14.2 Å². The minimum atomic E-state index is -0.555. The molecule has 0 spiro atoms. The van der Waals surface area contributed by atoms with Crippen molar-refractivity contribution < 1.29 is 23.6 Å². The molecular formula is C28H50NO4S+. The molecule has 6 heteroatoms. The number of nitrogens with zero attached hydrogens (tertiary/aromatic N) is 1. The van der Waals surface area contributed by atoms with E-state index < -0.39 is 6.16 Å². The number of carbonyl (C=O) groups is 1. The second kappa shape index (κ2) is 20.1. The molecule has 5 nitrogen and oxygen atoms in total. The van der Waals surface area contributed by atoms with Crippen LogP contribution in [0.25, 0.3) is 0 Å². The Morgan fingerprint density at radius 3 is 2.26 bits per heavy atom. The van der Waals surface area contributed by atoms with Gasteiger partial charge in [0.1, 0.15) is 13.2 Å². The molecule has 34 heavy (non-hydrogen) atoms. The minimum Gasteiger partial charge on any atom is -0.434 e. The van der Waals surface area contributed by atoms with Gasteiger partial charge in [-0.2, -0.15) is 4.57 Å². The molecule has 2 heterocycles. The predicted molar refractivity (Wildman–Crippen MR) is 139 cm³/mol. The van der Waals surface area contributed by atoms with Gasteiger partial charge in [0, 0.05) is 6.42 Å². The lowest BCUT2D eigenvalue weighted by atomic mass is 9.97. The Morgan fingerprint density at radius 2 is 1.59 bits per heavy atom. The molecule has 0 aromatic carbocycles. The zero-order valence-corrected chi connectivity index (χ0v) is 22.5. The number of carbonyl (C=O) groups excluding carboxylic acids is 1. The van der Waals surface area contributed by atoms with Crippen LogP contribution in [-0.2, 0) is 20.8 Å². The summed E-state index contributed by atoms with van der Waals surface area (Å²) in [7, 11) is 0. The molecular weight excluding hydrogens is 446 g/mol. The molecule has 2 rings (SSSR count). The molecule has 0 saturated carbocycles. The highest BCUT2D eigenvalue weighted by Gasteiger charge is 2.26. The first-order chi connectivity index (χ1) is 16.8. The fraction of sp³-hybridized carbons (Fsp3) is 0.857. The van der Waals surface area contributed by atoms with E-state index in [1.165, 1.54) is 83.5 Å². The van der Waals surface area contributed by atoms with Crippen LogP contribution in [0.5, 0.6) is 0 Å². The van der Waals surface area contributed by atoms with Gasteiger partial charge in [-0.1, -0.05) is 95.3 Å². The van der Waals surface area contributed by atoms with E-state index in [4.69, 9.17) is 14.2 Å². The highest BCUT2D eigenvalue weighted by atomic mass is 32.1. The summed E-state index contributed by atoms with van der Waals surface area (Å²) in [6, 6.07) is 0. The lowest BCUT2D eigenvalue weighted by Gasteiger charge is -2.11. The fourth-order valence-electron chi connectivity index (χ4n) is 4.69. The number of aryl methyl sites for hydroxylation is 1. The van der Waals surface area contributed by atoms with Crippen LogP contribution >= 0.6 is 11.3 Å². The first kappa shape index (κ1) is 29.1. The normalized spacial score (nSPS) is 17.8. The molecule has 0 bridgehead atoms. The number of hydrogen-bond acceptors (Lipinski definition) is 5. The molecule has 0 amide bonds. The Morgan fingerprint density at radius 1 is 0.912 bits per heavy atom. The Hall–Kier alpha value is -1.14. The van der Waals surface area contributed by atoms with Crippen LogP contribution in [0.4, 0.5) is 4.79 Å². The van der Waals surface area contributed by atoms with E-state index in [0.29, 0.717) is 19.1 Å². The summed E-state index contributed by atoms with van der Waals surface area (Å²) in [6.07, 6.45) is 23.5. The summed E-state index contributed by atoms with van der Waals surface area (Å²) in [5, 5.41) is 2.08. The number of rotatable bonds is 21. The van der Waals surface area contributed by atoms with Crippen molar-refractivity contribution in [2.24, 2.45) is 5.92 Å². The van der Waals surface area contributed by atoms with Crippen molar-refractivity contribution in [3.8, 4) is 0 Å². The summed E-state index contributed by atoms with van der Waals surface area (Å²) >= 11 is 1.70. The van der Waals surface area contributed by atoms with E-state index in [9.17, 15) is 4.79 Å². The van der Waals surface area contributed by atoms with Crippen LogP contribution < -0.4 is 4.57 Å². The topological polar surface area (TPSA) is 48.6 Å². The third-order valence-corrected chi connectivity index (χ3v) is 7.50. The molecule has 196 valence electrons. The summed E-state index contributed by atoms with van der Waals surface area (Å²) in [5.41, 5.74) is 2.11. The molecule has 0 radical (unpaired) electrons. The van der Waals surface area contributed by atoms with Crippen molar-refractivity contribution in [1.82, 2.24) is 0 Å². The van der Waals surface area contributed by atoms with Crippen LogP contribution in [-0.4, -0.2) is 32.1 Å². The summed E-state index contributed by atoms with van der Waals surface area (Å²) in [6.45, 7) is 4.86. The van der Waals surface area contributed by atoms with Gasteiger partial charge in [0.15, 0.2) is 6.20 Å². The highest BCUT2D eigenvalue weighted by Crippen LogP contribution is 2.25. The standard InChI is InChI=1S/C28H50NO4S/c1-2-3-4-5-6-7-8-9-10-11-12-14-17-26-22-27(32-23-26)24-33-28(30)31-20-16-13-15-18-29-19-21-34-25-29/h19,21,25-27H,2-18,20,22-24H2,1H3/q+1/t26-,27+/m0/s1. The third-order valence-electron chi connectivity index (χ3n) is 6.82. The maximum atomic E-state index is 11.8. The Balaban J connectivity index is 1.32. The smallest absolute Gasteiger partial charge is 0.434 e. The van der Waals surface area contributed by atoms with Crippen molar-refractivity contribution >= 4 is 17.5 Å². The average molecular weight is 497 g/mol. The fourth-order valence-corrected chi connectivity index (χ4v) is 5.32. The van der Waals surface area contributed by atoms with Crippen LogP contribution in [0.3, 0.4) is 0 Å². The zero-order chi connectivity index (χ0) is 24.1. The molecule has 1 aromatic heterocycles. The molecule has 1 saturated heterocycles. The van der Waals surface area contributed by atoms with Gasteiger partial charge in [-0.3, -0.25) is 0 Å². The summed E-state index contributed by atoms with van der Waals surface area (Å²) < 4.78 is 18.5. The quantitative estimate of drug-likeness (QED) is 0.0987. The van der Waals surface area contributed by atoms with Gasteiger partial charge in [0.25, 0.3) is 0 Å². The first-order valence-electron chi connectivity index (χ1n) is 14.1. The van der Waals surface area contributed by atoms with E-state index in [0.717, 1.165) is 38.8 Å². The van der Waals surface area contributed by atoms with Crippen molar-refractivity contribution in [3.05, 3.63) is 17.1 Å². The second-order valence-corrected chi connectivity index (χ2v) is 10.7. The van der Waals surface area contributed by atoms with Crippen LogP contribution in [0.1, 0.15) is 116 Å². The van der Waals surface area contributed by atoms with Crippen molar-refractivity contribution in [2.75, 3.05) is 19.8 Å². The predicted octanol–water partition coefficient (Wildman–Crippen LogP) is 7.86. The molecule has 0 N–H and O–H groups in total. The van der Waals surface area contributed by atoms with E-state index in [1.54, 1.807) is 11.3 Å². The monoisotopic (exact) mass is 496 g/mol. The summed E-state index contributed by atoms with van der Waals surface area (Å²) in [5.74, 6) is 0.619. The van der Waals surface area contributed by atoms with Crippen molar-refractivity contribution in [2.45, 2.75) is 129 Å². The van der Waals surface area contributed by atoms with Gasteiger partial charge in [0.2, 0.25) is 5.51 Å². The third kappa shape index (κ3) is 15.0. The van der Waals surface area contributed by atoms with Crippen molar-refractivity contribution in [3.63, 3.8) is 0 Å². The number of unbranched alkanes of at least 4 members (excludes halogenated alkanes) is 13. The van der Waals surface area contributed by atoms with Crippen molar-refractivity contribution in [1.29, 1.82) is 0 Å². The largest absolute Gasteiger partial charge is 0.508 e. The maximum absolute atomic E-state index is 11.8. The van der Waals surface area contributed by atoms with Gasteiger partial charge in [0.05, 0.1) is 24.7 Å². The number of ether oxygens (including phenoxy) is 3. The van der Waals surface area contributed by atoms with Gasteiger partial charge in [-0.25, -0.2) is 4.79 Å². The molecule has 1 fully saturated rings. The van der Waals surface area contributed by atoms with E-state index in [1.807, 2.05) is 0 Å². The molecule has 2 atom stereocenters. The maximum Gasteiger partial charge on any atom is 0.508 e. The average Bonchev–Trinajstić information content (AvgIpc) is 3.53. The Kier molecular flexibility index (Phi) is 17.2. The second-order valence-electron chi connectivity index (χ2n) is 9.97. The lowest BCUT2D eigenvalue weighted by Crippen LogP contribution is -2.29. The number of thiazole rings is 1. The SMILES string of the molecule is CCCCCCCCCCCCCC[C@@H]1CO[C@@H](COC(=O)OCCCCC[n+]2ccsc2)C1. The van der Waals surface area contributed by atoms with Gasteiger partial charge in [-0.05, 0) is 31.6 Å². The Bertz CT molecular complexity index is 595. The first-order valence-corrected chi connectivity index (χ1v) is 15.0. The lowest BCUT2D eigenvalue weighted by molar-refractivity contribution is -0.692. The van der Waals surface area contributed by atoms with Gasteiger partial charge in [-0.15, -0.1) is 0 Å². The summed E-state index contributed by atoms with van der Waals surface area (Å²) in [4.78, 5) is 11.8. The van der Waals surface area contributed by atoms with Crippen LogP contribution in [0.15, 0.2) is 17.1 Å². The Labute approximate surface area is 212 Å². The van der Waals surface area contributed by atoms with Gasteiger partial charge >= 0.3 is 6.16 Å². The van der Waals surface area contributed by atoms with E-state index >= 15 is 0 Å². The van der Waals surface area contributed by atoms with Crippen LogP contribution in [0.2, 0.25) is 0 Å². The molecule has 1 aromatic rings. The number of aromatic nitrogens is 1. The molecule has 1 aliphatic rings. The molecule has 0 unspecified atom stereocenters. The molecule has 1 aliphatic heterocycles. The van der Waals surface area contributed by atoms with E-state index in [2.05, 4.69) is 28.6 Å². The number of hydrogen-bond donors (Lipinski definition) is 0.